The van der Waals surface area contributed by atoms with E-state index in [-0.39, 0.29) is 13.2 Å². The van der Waals surface area contributed by atoms with Crippen LogP contribution in [0.5, 0.6) is 0 Å². The summed E-state index contributed by atoms with van der Waals surface area (Å²) in [4.78, 5) is 28.6. The highest BCUT2D eigenvalue weighted by atomic mass is 16.6. The molecule has 1 unspecified atom stereocenters. The maximum absolute atomic E-state index is 13.3. The third kappa shape index (κ3) is 5.74. The molecule has 0 aliphatic heterocycles. The fourth-order valence-electron chi connectivity index (χ4n) is 4.50. The number of anilines is 2. The Kier molecular flexibility index (Phi) is 8.35. The molecule has 0 fully saturated rings. The Morgan fingerprint density at radius 3 is 1.69 bits per heavy atom. The van der Waals surface area contributed by atoms with E-state index < -0.39 is 23.8 Å². The molecule has 36 heavy (non-hydrogen) atoms. The number of esters is 2. The minimum Gasteiger partial charge on any atom is -0.465 e. The van der Waals surface area contributed by atoms with Crippen LogP contribution in [0.1, 0.15) is 25.3 Å². The predicted molar refractivity (Wildman–Crippen MR) is 143 cm³/mol. The van der Waals surface area contributed by atoms with Crippen LogP contribution in [0, 0.1) is 5.92 Å². The largest absolute Gasteiger partial charge is 0.465 e. The van der Waals surface area contributed by atoms with E-state index in [1.165, 1.54) is 0 Å². The molecule has 0 aromatic heterocycles. The van der Waals surface area contributed by atoms with E-state index in [0.717, 1.165) is 27.7 Å². The molecule has 0 aliphatic carbocycles. The van der Waals surface area contributed by atoms with Crippen LogP contribution in [-0.4, -0.2) is 31.7 Å². The van der Waals surface area contributed by atoms with E-state index in [1.807, 2.05) is 97.1 Å². The molecule has 4 aromatic rings. The first-order valence-corrected chi connectivity index (χ1v) is 12.3. The molecule has 0 aliphatic rings. The first-order chi connectivity index (χ1) is 17.6. The average Bonchev–Trinajstić information content (AvgIpc) is 2.92. The molecule has 4 rings (SSSR count). The zero-order chi connectivity index (χ0) is 25.3. The second kappa shape index (κ2) is 12.0. The fourth-order valence-corrected chi connectivity index (χ4v) is 4.50. The minimum absolute atomic E-state index is 0.181. The molecule has 184 valence electrons. The number of benzene rings is 4. The summed E-state index contributed by atoms with van der Waals surface area (Å²) in [6.07, 6.45) is 0. The molecule has 0 saturated heterocycles. The summed E-state index contributed by atoms with van der Waals surface area (Å²) >= 11 is 0. The molecule has 0 amide bonds. The van der Waals surface area contributed by atoms with Gasteiger partial charge >= 0.3 is 11.9 Å². The number of hydrogen-bond donors (Lipinski definition) is 0. The maximum Gasteiger partial charge on any atom is 0.321 e. The third-order valence-corrected chi connectivity index (χ3v) is 6.20. The van der Waals surface area contributed by atoms with Gasteiger partial charge in [0.15, 0.2) is 5.92 Å². The number of rotatable bonds is 10. The van der Waals surface area contributed by atoms with Crippen LogP contribution >= 0.6 is 0 Å². The van der Waals surface area contributed by atoms with Gasteiger partial charge in [0.25, 0.3) is 0 Å². The fraction of sp³-hybridized carbons (Fsp3) is 0.226. The van der Waals surface area contributed by atoms with E-state index in [9.17, 15) is 9.59 Å². The SMILES string of the molecule is CCOC(=O)C(C(=O)OCC)C(CN(c1ccccc1)c1ccccc1)c1ccc2ccccc2c1. The van der Waals surface area contributed by atoms with Crippen LogP contribution < -0.4 is 4.90 Å². The van der Waals surface area contributed by atoms with Crippen LogP contribution in [0.4, 0.5) is 11.4 Å². The van der Waals surface area contributed by atoms with E-state index >= 15 is 0 Å². The van der Waals surface area contributed by atoms with Crippen molar-refractivity contribution in [2.24, 2.45) is 5.92 Å². The van der Waals surface area contributed by atoms with E-state index in [4.69, 9.17) is 9.47 Å². The molecule has 0 heterocycles. The van der Waals surface area contributed by atoms with Crippen molar-refractivity contribution < 1.29 is 19.1 Å². The predicted octanol–water partition coefficient (Wildman–Crippen LogP) is 6.50. The van der Waals surface area contributed by atoms with Crippen molar-refractivity contribution in [3.05, 3.63) is 109 Å². The van der Waals surface area contributed by atoms with Crippen LogP contribution in [0.15, 0.2) is 103 Å². The van der Waals surface area contributed by atoms with E-state index in [2.05, 4.69) is 11.0 Å². The molecule has 4 aromatic carbocycles. The van der Waals surface area contributed by atoms with Crippen molar-refractivity contribution in [1.82, 2.24) is 0 Å². The molecular weight excluding hydrogens is 450 g/mol. The van der Waals surface area contributed by atoms with Crippen LogP contribution in [0.3, 0.4) is 0 Å². The third-order valence-electron chi connectivity index (χ3n) is 6.20. The molecule has 5 nitrogen and oxygen atoms in total. The van der Waals surface area contributed by atoms with Gasteiger partial charge < -0.3 is 14.4 Å². The smallest absolute Gasteiger partial charge is 0.321 e. The minimum atomic E-state index is -1.11. The average molecular weight is 482 g/mol. The van der Waals surface area contributed by atoms with Gasteiger partial charge in [0.2, 0.25) is 0 Å². The number of para-hydroxylation sites is 2. The van der Waals surface area contributed by atoms with E-state index in [0.29, 0.717) is 6.54 Å². The van der Waals surface area contributed by atoms with Crippen molar-refractivity contribution in [3.8, 4) is 0 Å². The Bertz CT molecular complexity index is 1230. The summed E-state index contributed by atoms with van der Waals surface area (Å²) in [6, 6.07) is 34.1. The molecule has 0 saturated carbocycles. The zero-order valence-corrected chi connectivity index (χ0v) is 20.7. The highest BCUT2D eigenvalue weighted by molar-refractivity contribution is 5.96. The normalized spacial score (nSPS) is 11.8. The van der Waals surface area contributed by atoms with Crippen LogP contribution in [0.25, 0.3) is 10.8 Å². The highest BCUT2D eigenvalue weighted by Gasteiger charge is 2.39. The molecule has 1 atom stereocenters. The summed E-state index contributed by atoms with van der Waals surface area (Å²) < 4.78 is 10.8. The van der Waals surface area contributed by atoms with Crippen LogP contribution in [-0.2, 0) is 19.1 Å². The summed E-state index contributed by atoms with van der Waals surface area (Å²) in [5.41, 5.74) is 2.79. The highest BCUT2D eigenvalue weighted by Crippen LogP contribution is 2.35. The number of hydrogen-bond acceptors (Lipinski definition) is 5. The second-order valence-corrected chi connectivity index (χ2v) is 8.48. The molecule has 0 radical (unpaired) electrons. The number of carbonyl (C=O) groups is 2. The molecule has 0 bridgehead atoms. The van der Waals surface area contributed by atoms with Crippen molar-refractivity contribution in [2.45, 2.75) is 19.8 Å². The van der Waals surface area contributed by atoms with Gasteiger partial charge in [0, 0.05) is 23.8 Å². The first kappa shape index (κ1) is 25.0. The van der Waals surface area contributed by atoms with Gasteiger partial charge in [-0.25, -0.2) is 0 Å². The van der Waals surface area contributed by atoms with Gasteiger partial charge in [-0.1, -0.05) is 78.9 Å². The number of carbonyl (C=O) groups excluding carboxylic acids is 2. The topological polar surface area (TPSA) is 55.8 Å². The van der Waals surface area contributed by atoms with Crippen molar-refractivity contribution in [1.29, 1.82) is 0 Å². The summed E-state index contributed by atoms with van der Waals surface area (Å²) in [5.74, 6) is -2.78. The van der Waals surface area contributed by atoms with Crippen molar-refractivity contribution in [3.63, 3.8) is 0 Å². The van der Waals surface area contributed by atoms with Crippen LogP contribution in [0.2, 0.25) is 0 Å². The quantitative estimate of drug-likeness (QED) is 0.191. The Morgan fingerprint density at radius 1 is 0.667 bits per heavy atom. The Labute approximate surface area is 212 Å². The second-order valence-electron chi connectivity index (χ2n) is 8.48. The lowest BCUT2D eigenvalue weighted by Gasteiger charge is -2.32. The number of fused-ring (bicyclic) bond motifs is 1. The summed E-state index contributed by atoms with van der Waals surface area (Å²) in [7, 11) is 0. The Morgan fingerprint density at radius 2 is 1.17 bits per heavy atom. The van der Waals surface area contributed by atoms with Gasteiger partial charge in [-0.15, -0.1) is 0 Å². The van der Waals surface area contributed by atoms with E-state index in [1.54, 1.807) is 13.8 Å². The maximum atomic E-state index is 13.3. The monoisotopic (exact) mass is 481 g/mol. The number of nitrogens with zero attached hydrogens (tertiary/aromatic N) is 1. The molecular formula is C31H31NO4. The van der Waals surface area contributed by atoms with Gasteiger partial charge in [-0.3, -0.25) is 9.59 Å². The lowest BCUT2D eigenvalue weighted by Crippen LogP contribution is -2.38. The Hall–Kier alpha value is -4.12. The van der Waals surface area contributed by atoms with Gasteiger partial charge in [-0.05, 0) is 54.4 Å². The first-order valence-electron chi connectivity index (χ1n) is 12.3. The molecule has 0 N–H and O–H groups in total. The molecule has 5 heteroatoms. The lowest BCUT2D eigenvalue weighted by atomic mass is 9.84. The van der Waals surface area contributed by atoms with Crippen molar-refractivity contribution in [2.75, 3.05) is 24.7 Å². The Balaban J connectivity index is 1.86. The van der Waals surface area contributed by atoms with Gasteiger partial charge in [0.1, 0.15) is 0 Å². The van der Waals surface area contributed by atoms with Crippen molar-refractivity contribution >= 4 is 34.1 Å². The van der Waals surface area contributed by atoms with Gasteiger partial charge in [0.05, 0.1) is 13.2 Å². The zero-order valence-electron chi connectivity index (χ0n) is 20.7. The van der Waals surface area contributed by atoms with Gasteiger partial charge in [-0.2, -0.15) is 0 Å². The summed E-state index contributed by atoms with van der Waals surface area (Å²) in [5, 5.41) is 2.13. The summed E-state index contributed by atoms with van der Waals surface area (Å²) in [6.45, 7) is 4.21. The lowest BCUT2D eigenvalue weighted by molar-refractivity contribution is -0.162. The molecule has 0 spiro atoms. The standard InChI is InChI=1S/C31H31NO4/c1-3-35-30(33)29(31(34)36-4-2)28(25-20-19-23-13-11-12-14-24(23)21-25)22-32(26-15-7-5-8-16-26)27-17-9-6-10-18-27/h5-21,28-29H,3-4,22H2,1-2H3. The number of ether oxygens (including phenoxy) is 2.